The van der Waals surface area contributed by atoms with Crippen LogP contribution in [0.3, 0.4) is 0 Å². The van der Waals surface area contributed by atoms with Crippen LogP contribution in [0.4, 0.5) is 0 Å². The molecule has 1 aliphatic carbocycles. The van der Waals surface area contributed by atoms with Crippen LogP contribution in [0.15, 0.2) is 18.3 Å². The molecule has 1 heterocycles. The minimum Gasteiger partial charge on any atom is -0.355 e. The van der Waals surface area contributed by atoms with Gasteiger partial charge in [0.15, 0.2) is 0 Å². The Bertz CT molecular complexity index is 392. The topological polar surface area (TPSA) is 54.0 Å². The number of rotatable bonds is 5. The van der Waals surface area contributed by atoms with Crippen LogP contribution < -0.4 is 10.6 Å². The van der Waals surface area contributed by atoms with Crippen molar-refractivity contribution in [2.75, 3.05) is 13.1 Å². The largest absolute Gasteiger partial charge is 0.355 e. The summed E-state index contributed by atoms with van der Waals surface area (Å²) in [4.78, 5) is 15.9. The normalized spacial score (nSPS) is 17.8. The number of hydrogen-bond acceptors (Lipinski definition) is 3. The molecule has 4 heteroatoms. The third-order valence-electron chi connectivity index (χ3n) is 3.04. The summed E-state index contributed by atoms with van der Waals surface area (Å²) in [5.41, 5.74) is 2.41. The molecule has 0 aliphatic heterocycles. The fourth-order valence-electron chi connectivity index (χ4n) is 2.15. The van der Waals surface area contributed by atoms with Gasteiger partial charge in [0.2, 0.25) is 5.91 Å². The van der Waals surface area contributed by atoms with Gasteiger partial charge in [-0.25, -0.2) is 0 Å². The lowest BCUT2D eigenvalue weighted by molar-refractivity contribution is -0.120. The zero-order chi connectivity index (χ0) is 12.1. The molecule has 0 bridgehead atoms. The molecule has 1 aliphatic rings. The Morgan fingerprint density at radius 2 is 2.47 bits per heavy atom. The molecule has 2 N–H and O–H groups in total. The van der Waals surface area contributed by atoms with Gasteiger partial charge in [-0.1, -0.05) is 13.0 Å². The van der Waals surface area contributed by atoms with Crippen molar-refractivity contribution in [1.29, 1.82) is 0 Å². The molecule has 4 nitrogen and oxygen atoms in total. The van der Waals surface area contributed by atoms with Crippen LogP contribution in [0.1, 0.15) is 37.1 Å². The first-order valence-electron chi connectivity index (χ1n) is 6.25. The molecule has 1 aromatic heterocycles. The molecule has 2 rings (SSSR count). The Hall–Kier alpha value is -1.42. The third-order valence-corrected chi connectivity index (χ3v) is 3.04. The second kappa shape index (κ2) is 5.77. The summed E-state index contributed by atoms with van der Waals surface area (Å²) in [7, 11) is 0. The maximum absolute atomic E-state index is 11.5. The fourth-order valence-corrected chi connectivity index (χ4v) is 2.15. The maximum atomic E-state index is 11.5. The summed E-state index contributed by atoms with van der Waals surface area (Å²) >= 11 is 0. The Morgan fingerprint density at radius 3 is 3.29 bits per heavy atom. The number of aromatic nitrogens is 1. The number of fused-ring (bicyclic) bond motifs is 1. The van der Waals surface area contributed by atoms with Crippen LogP contribution in [0, 0.1) is 0 Å². The standard InChI is InChI=1S/C13H19N3O/c1-2-7-14-12(17)9-16-11-6-5-10-4-3-8-15-13(10)11/h3-4,8,11,16H,2,5-7,9H2,1H3,(H,14,17). The minimum absolute atomic E-state index is 0.0660. The number of aryl methyl sites for hydroxylation is 1. The number of hydrogen-bond donors (Lipinski definition) is 2. The molecule has 0 saturated carbocycles. The second-order valence-electron chi connectivity index (χ2n) is 4.37. The molecule has 0 spiro atoms. The van der Waals surface area contributed by atoms with Crippen molar-refractivity contribution in [2.45, 2.75) is 32.2 Å². The molecule has 1 unspecified atom stereocenters. The van der Waals surface area contributed by atoms with Gasteiger partial charge in [-0.05, 0) is 30.9 Å². The monoisotopic (exact) mass is 233 g/mol. The molecular weight excluding hydrogens is 214 g/mol. The Morgan fingerprint density at radius 1 is 1.59 bits per heavy atom. The van der Waals surface area contributed by atoms with Gasteiger partial charge < -0.3 is 10.6 Å². The maximum Gasteiger partial charge on any atom is 0.233 e. The number of carbonyl (C=O) groups excluding carboxylic acids is 1. The quantitative estimate of drug-likeness (QED) is 0.803. The van der Waals surface area contributed by atoms with Gasteiger partial charge in [-0.15, -0.1) is 0 Å². The van der Waals surface area contributed by atoms with Crippen molar-refractivity contribution >= 4 is 5.91 Å². The van der Waals surface area contributed by atoms with Crippen molar-refractivity contribution in [3.05, 3.63) is 29.6 Å². The van der Waals surface area contributed by atoms with Crippen LogP contribution in [0.25, 0.3) is 0 Å². The summed E-state index contributed by atoms with van der Waals surface area (Å²) in [5.74, 6) is 0.0660. The van der Waals surface area contributed by atoms with Gasteiger partial charge in [0, 0.05) is 12.7 Å². The van der Waals surface area contributed by atoms with Crippen LogP contribution in [0.5, 0.6) is 0 Å². The van der Waals surface area contributed by atoms with Crippen LogP contribution in [-0.2, 0) is 11.2 Å². The summed E-state index contributed by atoms with van der Waals surface area (Å²) < 4.78 is 0. The minimum atomic E-state index is 0.0660. The van der Waals surface area contributed by atoms with E-state index in [1.807, 2.05) is 19.2 Å². The molecule has 17 heavy (non-hydrogen) atoms. The fraction of sp³-hybridized carbons (Fsp3) is 0.538. The van der Waals surface area contributed by atoms with Gasteiger partial charge in [0.05, 0.1) is 18.3 Å². The molecule has 0 saturated heterocycles. The van der Waals surface area contributed by atoms with Crippen molar-refractivity contribution in [3.8, 4) is 0 Å². The molecule has 92 valence electrons. The highest BCUT2D eigenvalue weighted by Crippen LogP contribution is 2.28. The molecule has 0 radical (unpaired) electrons. The highest BCUT2D eigenvalue weighted by Gasteiger charge is 2.23. The first-order chi connectivity index (χ1) is 8.31. The van der Waals surface area contributed by atoms with Crippen molar-refractivity contribution in [3.63, 3.8) is 0 Å². The lowest BCUT2D eigenvalue weighted by Gasteiger charge is -2.12. The highest BCUT2D eigenvalue weighted by atomic mass is 16.1. The van der Waals surface area contributed by atoms with E-state index >= 15 is 0 Å². The Balaban J connectivity index is 1.83. The van der Waals surface area contributed by atoms with Gasteiger partial charge >= 0.3 is 0 Å². The van der Waals surface area contributed by atoms with Crippen LogP contribution in [0.2, 0.25) is 0 Å². The van der Waals surface area contributed by atoms with E-state index < -0.39 is 0 Å². The number of nitrogens with zero attached hydrogens (tertiary/aromatic N) is 1. The number of carbonyl (C=O) groups is 1. The summed E-state index contributed by atoms with van der Waals surface area (Å²) in [6.07, 6.45) is 4.88. The van der Waals surface area contributed by atoms with E-state index in [1.54, 1.807) is 0 Å². The average Bonchev–Trinajstić information content (AvgIpc) is 2.77. The lowest BCUT2D eigenvalue weighted by atomic mass is 10.2. The van der Waals surface area contributed by atoms with Crippen molar-refractivity contribution in [2.24, 2.45) is 0 Å². The molecular formula is C13H19N3O. The van der Waals surface area contributed by atoms with Gasteiger partial charge in [0.25, 0.3) is 0 Å². The van der Waals surface area contributed by atoms with E-state index in [2.05, 4.69) is 21.7 Å². The molecule has 1 atom stereocenters. The SMILES string of the molecule is CCCNC(=O)CNC1CCc2cccnc21. The van der Waals surface area contributed by atoms with Crippen LogP contribution in [-0.4, -0.2) is 24.0 Å². The van der Waals surface area contributed by atoms with Gasteiger partial charge in [-0.2, -0.15) is 0 Å². The zero-order valence-corrected chi connectivity index (χ0v) is 10.2. The van der Waals surface area contributed by atoms with Crippen LogP contribution >= 0.6 is 0 Å². The molecule has 1 amide bonds. The Kier molecular flexibility index (Phi) is 4.09. The van der Waals surface area contributed by atoms with E-state index in [0.717, 1.165) is 31.5 Å². The first-order valence-corrected chi connectivity index (χ1v) is 6.25. The van der Waals surface area contributed by atoms with E-state index in [1.165, 1.54) is 5.56 Å². The second-order valence-corrected chi connectivity index (χ2v) is 4.37. The summed E-state index contributed by atoms with van der Waals surface area (Å²) in [6, 6.07) is 4.31. The molecule has 0 aromatic carbocycles. The summed E-state index contributed by atoms with van der Waals surface area (Å²) in [6.45, 7) is 3.17. The molecule has 1 aromatic rings. The number of amides is 1. The predicted molar refractivity (Wildman–Crippen MR) is 66.6 cm³/mol. The van der Waals surface area contributed by atoms with Crippen molar-refractivity contribution < 1.29 is 4.79 Å². The van der Waals surface area contributed by atoms with E-state index in [4.69, 9.17) is 0 Å². The first kappa shape index (κ1) is 12.0. The highest BCUT2D eigenvalue weighted by molar-refractivity contribution is 5.78. The smallest absolute Gasteiger partial charge is 0.233 e. The van der Waals surface area contributed by atoms with Gasteiger partial charge in [0.1, 0.15) is 0 Å². The lowest BCUT2D eigenvalue weighted by Crippen LogP contribution is -2.35. The Labute approximate surface area is 102 Å². The number of pyridine rings is 1. The van der Waals surface area contributed by atoms with E-state index in [-0.39, 0.29) is 11.9 Å². The molecule has 0 fully saturated rings. The van der Waals surface area contributed by atoms with E-state index in [9.17, 15) is 4.79 Å². The van der Waals surface area contributed by atoms with Crippen molar-refractivity contribution in [1.82, 2.24) is 15.6 Å². The van der Waals surface area contributed by atoms with E-state index in [0.29, 0.717) is 6.54 Å². The number of nitrogens with one attached hydrogen (secondary N) is 2. The summed E-state index contributed by atoms with van der Waals surface area (Å²) in [5, 5.41) is 6.13. The predicted octanol–water partition coefficient (Wildman–Crippen LogP) is 1.18. The zero-order valence-electron chi connectivity index (χ0n) is 10.2. The third kappa shape index (κ3) is 3.03. The average molecular weight is 233 g/mol. The van der Waals surface area contributed by atoms with Gasteiger partial charge in [-0.3, -0.25) is 9.78 Å².